The van der Waals surface area contributed by atoms with Crippen LogP contribution in [0.1, 0.15) is 12.8 Å². The van der Waals surface area contributed by atoms with Gasteiger partial charge in [-0.15, -0.1) is 0 Å². The zero-order valence-electron chi connectivity index (χ0n) is 60.3. The molecule has 548 valence electrons. The van der Waals surface area contributed by atoms with Crippen LogP contribution in [0.4, 0.5) is 0 Å². The van der Waals surface area contributed by atoms with Gasteiger partial charge in [0.25, 0.3) is 0 Å². The summed E-state index contributed by atoms with van der Waals surface area (Å²) in [4.78, 5) is 31.9. The zero-order valence-corrected chi connectivity index (χ0v) is 71.3. The molecule has 0 aliphatic heterocycles. The van der Waals surface area contributed by atoms with Gasteiger partial charge in [-0.3, -0.25) is 0 Å². The summed E-state index contributed by atoms with van der Waals surface area (Å²) in [5.74, 6) is 0. The molecule has 28 nitrogen and oxygen atoms in total. The van der Waals surface area contributed by atoms with Crippen molar-refractivity contribution in [3.05, 3.63) is 0 Å². The van der Waals surface area contributed by atoms with Crippen molar-refractivity contribution in [2.45, 2.75) is 237 Å². The number of aliphatic hydroxyl groups is 12. The van der Waals surface area contributed by atoms with E-state index < -0.39 is 168 Å². The van der Waals surface area contributed by atoms with Crippen LogP contribution in [0.3, 0.4) is 0 Å². The molecular formula is C51H134N2O26Si11. The van der Waals surface area contributed by atoms with Crippen LogP contribution in [-0.2, 0) is 47.1 Å². The van der Waals surface area contributed by atoms with E-state index in [9.17, 15) is 65.5 Å². The highest BCUT2D eigenvalue weighted by molar-refractivity contribution is 6.89. The summed E-state index contributed by atoms with van der Waals surface area (Å²) in [6.45, 7) is 45.5. The Kier molecular flexibility index (Phi) is 47.4. The predicted molar refractivity (Wildman–Crippen MR) is 376 cm³/mol. The number of rotatable bonds is 44. The normalized spacial score (nSPS) is 17.7. The van der Waals surface area contributed by atoms with Crippen molar-refractivity contribution in [1.29, 1.82) is 0 Å². The Hall–Kier alpha value is 1.27. The maximum atomic E-state index is 10.3. The minimum absolute atomic E-state index is 0.0426. The van der Waals surface area contributed by atoms with Crippen LogP contribution in [0.5, 0.6) is 0 Å². The van der Waals surface area contributed by atoms with E-state index in [0.29, 0.717) is 13.2 Å². The molecule has 11 unspecified atom stereocenters. The van der Waals surface area contributed by atoms with Crippen LogP contribution >= 0.6 is 0 Å². The molecule has 0 aromatic carbocycles. The van der Waals surface area contributed by atoms with Crippen LogP contribution < -0.4 is 0 Å². The van der Waals surface area contributed by atoms with E-state index in [1.165, 1.54) is 0 Å². The highest BCUT2D eigenvalue weighted by atomic mass is 28.5. The maximum absolute atomic E-state index is 10.3. The van der Waals surface area contributed by atoms with E-state index >= 15 is 0 Å². The number of hydrogen-bond acceptors (Lipinski definition) is 28. The highest BCUT2D eigenvalue weighted by Gasteiger charge is 2.45. The van der Waals surface area contributed by atoms with Crippen molar-refractivity contribution < 1.29 is 123 Å². The van der Waals surface area contributed by atoms with Gasteiger partial charge in [-0.2, -0.15) is 0 Å². The Morgan fingerprint density at radius 3 is 0.844 bits per heavy atom. The van der Waals surface area contributed by atoms with E-state index in [0.717, 1.165) is 24.9 Å². The first kappa shape index (κ1) is 97.6. The molecule has 0 rings (SSSR count). The van der Waals surface area contributed by atoms with Gasteiger partial charge in [0.05, 0.1) is 50.8 Å². The third-order valence-electron chi connectivity index (χ3n) is 11.6. The molecule has 0 saturated carbocycles. The minimum atomic E-state index is -2.54. The van der Waals surface area contributed by atoms with Gasteiger partial charge in [0.2, 0.25) is 0 Å². The molecule has 0 saturated heterocycles. The largest absolute Gasteiger partial charge is 0.437 e. The number of hydrogen-bond donors (Lipinski definition) is 15. The minimum Gasteiger partial charge on any atom is -0.437 e. The van der Waals surface area contributed by atoms with Gasteiger partial charge in [-0.25, -0.2) is 0 Å². The molecule has 0 aromatic rings. The number of aliphatic hydroxyl groups excluding tert-OH is 12. The van der Waals surface area contributed by atoms with Crippen molar-refractivity contribution in [3.8, 4) is 0 Å². The third-order valence-corrected chi connectivity index (χ3v) is 44.4. The van der Waals surface area contributed by atoms with Gasteiger partial charge in [0, 0.05) is 53.6 Å². The van der Waals surface area contributed by atoms with E-state index in [1.807, 2.05) is 32.7 Å². The second-order valence-corrected chi connectivity index (χ2v) is 70.8. The molecule has 0 spiro atoms. The number of nitrogens with zero attached hydrogens (tertiary/aromatic N) is 2. The molecule has 0 amide bonds. The second-order valence-electron chi connectivity index (χ2n) is 29.0. The predicted octanol–water partition coefficient (Wildman–Crippen LogP) is 1.46. The SMILES string of the molecule is CN(CC(O)COCCC[Si](C)(O[Si](C)(C)C)O[Si](C)(C)O[Si](C)(C)C)CC(O)C(O)C(O)C(O)CO.CO[Si](C)(CCCOCC(O)CN(C)CC(O)C(O)C(O)C(O)CO)OC.C[Si](C)(C)O[Si](C)(C)O[Si](C)(C)O.C[Si](C)(O)O[Si](C)(C)O[Si](C)(C)O. The number of likely N-dealkylation sites (N-methyl/N-ethyl adjacent to an activating group) is 2. The molecule has 0 bridgehead atoms. The fourth-order valence-corrected chi connectivity index (χ4v) is 50.0. The van der Waals surface area contributed by atoms with Gasteiger partial charge in [0.1, 0.15) is 36.6 Å². The summed E-state index contributed by atoms with van der Waals surface area (Å²) in [7, 11) is -17.6. The molecule has 0 heterocycles. The van der Waals surface area contributed by atoms with Crippen molar-refractivity contribution in [2.75, 3.05) is 94.1 Å². The lowest BCUT2D eigenvalue weighted by Gasteiger charge is -2.41. The second kappa shape index (κ2) is 43.7. The molecule has 39 heteroatoms. The summed E-state index contributed by atoms with van der Waals surface area (Å²) in [5.41, 5.74) is 0. The van der Waals surface area contributed by atoms with Crippen LogP contribution in [0.2, 0.25) is 163 Å². The topological polar surface area (TPSA) is 411 Å². The molecule has 15 N–H and O–H groups in total. The fraction of sp³-hybridized carbons (Fsp3) is 1.00. The average molecular weight is 1500 g/mol. The first-order valence-corrected chi connectivity index (χ1v) is 63.0. The summed E-state index contributed by atoms with van der Waals surface area (Å²) < 4.78 is 64.0. The Morgan fingerprint density at radius 2 is 0.589 bits per heavy atom. The third kappa shape index (κ3) is 56.2. The average Bonchev–Trinajstić information content (AvgIpc) is 1.09. The van der Waals surface area contributed by atoms with Crippen molar-refractivity contribution in [3.63, 3.8) is 0 Å². The first-order valence-electron chi connectivity index (χ1n) is 30.8. The standard InChI is InChI=1S/C22H55NO10Si4.C16H37NO9Si.C7H22O3Si3.C6H20O4Si3/c1-23(15-19(26)21(28)22(29)20(27)16-24)14-18(25)17-30-12-11-13-37(10,32-35(5,6)7)33-36(8,9)31-34(2,3)4;1-17(9-13(20)15(22)16(23)14(21)10-18)8-12(19)11-26-6-5-7-27(4,24-2)25-3;1-11(2,3)9-13(6,7)10-12(4,5)8;1-11(2,7)9-13(5,6)10-12(3,4)8/h18-22,24-29H,11-17H2,1-10H3;12-16,18-23H,5-11H2,1-4H3;8H,1-7H3;7-8H,1-6H3. The van der Waals surface area contributed by atoms with E-state index in [2.05, 4.69) is 78.6 Å². The summed E-state index contributed by atoms with van der Waals surface area (Å²) in [6.07, 6.45) is -12.6. The lowest BCUT2D eigenvalue weighted by Crippen LogP contribution is -2.56. The maximum Gasteiger partial charge on any atom is 0.334 e. The zero-order chi connectivity index (χ0) is 72.1. The van der Waals surface area contributed by atoms with Gasteiger partial charge >= 0.3 is 68.5 Å². The molecule has 90 heavy (non-hydrogen) atoms. The molecule has 0 aromatic heterocycles. The lowest BCUT2D eigenvalue weighted by atomic mass is 10.0. The summed E-state index contributed by atoms with van der Waals surface area (Å²) in [5, 5.41) is 116. The van der Waals surface area contributed by atoms with Crippen LogP contribution in [0, 0.1) is 0 Å². The molecular weight excluding hydrogens is 1370 g/mol. The first-order chi connectivity index (χ1) is 40.0. The lowest BCUT2D eigenvalue weighted by molar-refractivity contribution is -0.119. The Balaban J connectivity index is -0.000000604. The monoisotopic (exact) mass is 1500 g/mol. The van der Waals surface area contributed by atoms with Crippen molar-refractivity contribution in [1.82, 2.24) is 9.80 Å². The molecule has 0 aliphatic carbocycles. The highest BCUT2D eigenvalue weighted by Crippen LogP contribution is 2.28. The smallest absolute Gasteiger partial charge is 0.334 e. The van der Waals surface area contributed by atoms with E-state index in [-0.39, 0.29) is 39.4 Å². The molecule has 0 radical (unpaired) electrons. The Bertz CT molecular complexity index is 1760. The van der Waals surface area contributed by atoms with Gasteiger partial charge < -0.3 is 133 Å². The van der Waals surface area contributed by atoms with E-state index in [1.54, 1.807) is 77.4 Å². The van der Waals surface area contributed by atoms with Gasteiger partial charge in [0.15, 0.2) is 25.0 Å². The van der Waals surface area contributed by atoms with Crippen LogP contribution in [0.15, 0.2) is 0 Å². The van der Waals surface area contributed by atoms with Crippen LogP contribution in [-0.4, -0.2) is 334 Å². The van der Waals surface area contributed by atoms with Crippen molar-refractivity contribution >= 4 is 93.4 Å². The molecule has 0 aliphatic rings. The van der Waals surface area contributed by atoms with Gasteiger partial charge in [-0.05, 0) is 190 Å². The Labute approximate surface area is 553 Å². The summed E-state index contributed by atoms with van der Waals surface area (Å²) >= 11 is 0. The number of ether oxygens (including phenoxy) is 2. The summed E-state index contributed by atoms with van der Waals surface area (Å²) in [6, 6.07) is 1.53. The fourth-order valence-electron chi connectivity index (χ4n) is 9.30. The molecule has 11 atom stereocenters. The Morgan fingerprint density at radius 1 is 0.333 bits per heavy atom. The van der Waals surface area contributed by atoms with Crippen LogP contribution in [0.25, 0.3) is 0 Å². The molecule has 0 fully saturated rings. The quantitative estimate of drug-likeness (QED) is 0.0303. The van der Waals surface area contributed by atoms with E-state index in [4.69, 9.17) is 57.3 Å². The van der Waals surface area contributed by atoms with Gasteiger partial charge in [-0.1, -0.05) is 0 Å². The van der Waals surface area contributed by atoms with Crippen molar-refractivity contribution in [2.24, 2.45) is 0 Å².